The van der Waals surface area contributed by atoms with Gasteiger partial charge in [-0.1, -0.05) is 17.4 Å². The number of carbonyl (C=O) groups is 3. The van der Waals surface area contributed by atoms with Gasteiger partial charge in [-0.25, -0.2) is 4.98 Å². The molecule has 1 aliphatic rings. The molecule has 0 radical (unpaired) electrons. The monoisotopic (exact) mass is 419 g/mol. The molecule has 1 aromatic carbocycles. The first-order valence-electron chi connectivity index (χ1n) is 9.89. The third-order valence-electron chi connectivity index (χ3n) is 5.26. The first-order valence-corrected chi connectivity index (χ1v) is 10.7. The molecule has 1 saturated heterocycles. The molecule has 8 nitrogen and oxygen atoms in total. The molecule has 1 aromatic heterocycles. The molecule has 2 aromatic rings. The number of aromatic nitrogens is 1. The van der Waals surface area contributed by atoms with Crippen LogP contribution < -0.4 is 14.5 Å². The highest BCUT2D eigenvalue weighted by Gasteiger charge is 2.33. The molecule has 156 valence electrons. The normalized spacial score (nSPS) is 14.3. The molecule has 0 unspecified atom stereocenters. The zero-order valence-electron chi connectivity index (χ0n) is 17.1. The number of hydrogen-bond donors (Lipinski definition) is 1. The molecule has 0 atom stereocenters. The number of quaternary nitrogens is 1. The van der Waals surface area contributed by atoms with E-state index in [-0.39, 0.29) is 37.1 Å². The summed E-state index contributed by atoms with van der Waals surface area (Å²) in [5.41, 5.74) is 0.705. The summed E-state index contributed by atoms with van der Waals surface area (Å²) in [4.78, 5) is 45.7. The van der Waals surface area contributed by atoms with E-state index in [2.05, 4.69) is 18.8 Å². The van der Waals surface area contributed by atoms with Crippen LogP contribution in [0.4, 0.5) is 5.13 Å². The second kappa shape index (κ2) is 9.32. The quantitative estimate of drug-likeness (QED) is 0.606. The lowest BCUT2D eigenvalue weighted by molar-refractivity contribution is -0.894. The van der Waals surface area contributed by atoms with Crippen LogP contribution in [-0.4, -0.2) is 67.4 Å². The largest absolute Gasteiger partial charge is 0.494 e. The minimum atomic E-state index is -0.293. The van der Waals surface area contributed by atoms with Crippen LogP contribution in [0.3, 0.4) is 0 Å². The number of nitrogens with one attached hydrogen (secondary N) is 1. The number of amides is 3. The summed E-state index contributed by atoms with van der Waals surface area (Å²) in [5, 5.41) is 0.556. The molecular formula is C20H27N4O4S+. The lowest BCUT2D eigenvalue weighted by Crippen LogP contribution is -3.12. The lowest BCUT2D eigenvalue weighted by atomic mass is 10.3. The number of likely N-dealkylation sites (tertiary alicyclic amines) is 1. The number of nitrogens with zero attached hydrogens (tertiary/aromatic N) is 3. The van der Waals surface area contributed by atoms with Crippen molar-refractivity contribution in [2.45, 2.75) is 26.7 Å². The Morgan fingerprint density at radius 3 is 2.55 bits per heavy atom. The SMILES string of the molecule is CC[NH+](CC)CCN(C(=O)CN1C(=O)CCC1=O)c1nc2c(OC)cccc2s1. The average molecular weight is 420 g/mol. The number of imide groups is 1. The van der Waals surface area contributed by atoms with E-state index in [1.807, 2.05) is 18.2 Å². The third kappa shape index (κ3) is 4.56. The molecule has 1 fully saturated rings. The van der Waals surface area contributed by atoms with Crippen LogP contribution in [0.5, 0.6) is 5.75 Å². The van der Waals surface area contributed by atoms with Gasteiger partial charge >= 0.3 is 0 Å². The third-order valence-corrected chi connectivity index (χ3v) is 6.30. The van der Waals surface area contributed by atoms with Crippen molar-refractivity contribution in [3.63, 3.8) is 0 Å². The maximum absolute atomic E-state index is 13.1. The summed E-state index contributed by atoms with van der Waals surface area (Å²) < 4.78 is 6.31. The number of para-hydroxylation sites is 1. The molecule has 2 heterocycles. The Morgan fingerprint density at radius 2 is 1.93 bits per heavy atom. The van der Waals surface area contributed by atoms with Crippen LogP contribution in [0.25, 0.3) is 10.2 Å². The van der Waals surface area contributed by atoms with Gasteiger partial charge in [0.25, 0.3) is 0 Å². The van der Waals surface area contributed by atoms with Crippen LogP contribution in [0.2, 0.25) is 0 Å². The standard InChI is InChI=1S/C20H26N4O4S/c1-4-22(5-2)11-12-23(18(27)13-24-16(25)9-10-17(24)26)20-21-19-14(28-3)7-6-8-15(19)29-20/h6-8H,4-5,9-13H2,1-3H3/p+1. The fourth-order valence-electron chi connectivity index (χ4n) is 3.41. The fourth-order valence-corrected chi connectivity index (χ4v) is 4.44. The topological polar surface area (TPSA) is 84.3 Å². The Balaban J connectivity index is 1.89. The van der Waals surface area contributed by atoms with Crippen molar-refractivity contribution in [3.8, 4) is 5.75 Å². The van der Waals surface area contributed by atoms with Crippen LogP contribution in [0, 0.1) is 0 Å². The van der Waals surface area contributed by atoms with E-state index >= 15 is 0 Å². The summed E-state index contributed by atoms with van der Waals surface area (Å²) in [6.07, 6.45) is 0.349. The molecule has 29 heavy (non-hydrogen) atoms. The lowest BCUT2D eigenvalue weighted by Gasteiger charge is -2.24. The van der Waals surface area contributed by atoms with Gasteiger partial charge in [0.05, 0.1) is 38.0 Å². The van der Waals surface area contributed by atoms with E-state index in [0.29, 0.717) is 22.9 Å². The highest BCUT2D eigenvalue weighted by molar-refractivity contribution is 7.22. The first-order chi connectivity index (χ1) is 14.0. The molecular weight excluding hydrogens is 392 g/mol. The Bertz CT molecular complexity index is 893. The maximum atomic E-state index is 13.1. The second-order valence-electron chi connectivity index (χ2n) is 6.93. The Morgan fingerprint density at radius 1 is 1.24 bits per heavy atom. The summed E-state index contributed by atoms with van der Waals surface area (Å²) in [5.74, 6) is -0.220. The molecule has 0 saturated carbocycles. The molecule has 1 aliphatic heterocycles. The summed E-state index contributed by atoms with van der Waals surface area (Å²) >= 11 is 1.41. The second-order valence-corrected chi connectivity index (χ2v) is 7.94. The van der Waals surface area contributed by atoms with Crippen LogP contribution >= 0.6 is 11.3 Å². The van der Waals surface area contributed by atoms with Crippen molar-refractivity contribution in [1.82, 2.24) is 9.88 Å². The Labute approximate surface area is 174 Å². The number of fused-ring (bicyclic) bond motifs is 1. The molecule has 3 rings (SSSR count). The maximum Gasteiger partial charge on any atom is 0.249 e. The number of rotatable bonds is 9. The summed E-state index contributed by atoms with van der Waals surface area (Å²) in [6.45, 7) is 7.11. The minimum absolute atomic E-state index is 0.175. The first kappa shape index (κ1) is 21.2. The molecule has 0 aliphatic carbocycles. The van der Waals surface area contributed by atoms with Gasteiger partial charge in [-0.3, -0.25) is 24.2 Å². The van der Waals surface area contributed by atoms with E-state index in [4.69, 9.17) is 4.74 Å². The van der Waals surface area contributed by atoms with Gasteiger partial charge in [0.15, 0.2) is 5.13 Å². The molecule has 1 N–H and O–H groups in total. The Hall–Kier alpha value is -2.52. The van der Waals surface area contributed by atoms with Gasteiger partial charge in [0.1, 0.15) is 17.8 Å². The fraction of sp³-hybridized carbons (Fsp3) is 0.500. The minimum Gasteiger partial charge on any atom is -0.494 e. The number of hydrogen-bond acceptors (Lipinski definition) is 6. The van der Waals surface area contributed by atoms with Gasteiger partial charge in [-0.05, 0) is 26.0 Å². The van der Waals surface area contributed by atoms with Crippen molar-refractivity contribution >= 4 is 44.4 Å². The highest BCUT2D eigenvalue weighted by atomic mass is 32.1. The molecule has 0 bridgehead atoms. The van der Waals surface area contributed by atoms with E-state index < -0.39 is 0 Å². The van der Waals surface area contributed by atoms with Crippen molar-refractivity contribution in [3.05, 3.63) is 18.2 Å². The predicted octanol–water partition coefficient (Wildman–Crippen LogP) is 0.712. The zero-order valence-corrected chi connectivity index (χ0v) is 17.9. The smallest absolute Gasteiger partial charge is 0.249 e. The highest BCUT2D eigenvalue weighted by Crippen LogP contribution is 2.34. The van der Waals surface area contributed by atoms with Crippen molar-refractivity contribution in [2.75, 3.05) is 44.7 Å². The van der Waals surface area contributed by atoms with Gasteiger partial charge in [-0.2, -0.15) is 0 Å². The van der Waals surface area contributed by atoms with E-state index in [1.165, 1.54) is 16.2 Å². The van der Waals surface area contributed by atoms with Crippen molar-refractivity contribution in [2.24, 2.45) is 0 Å². The van der Waals surface area contributed by atoms with Crippen LogP contribution in [-0.2, 0) is 14.4 Å². The molecule has 0 spiro atoms. The van der Waals surface area contributed by atoms with E-state index in [9.17, 15) is 14.4 Å². The van der Waals surface area contributed by atoms with Gasteiger partial charge in [-0.15, -0.1) is 0 Å². The van der Waals surface area contributed by atoms with Crippen molar-refractivity contribution < 1.29 is 24.0 Å². The van der Waals surface area contributed by atoms with E-state index in [1.54, 1.807) is 12.0 Å². The number of methoxy groups -OCH3 is 1. The van der Waals surface area contributed by atoms with Crippen LogP contribution in [0.15, 0.2) is 18.2 Å². The summed E-state index contributed by atoms with van der Waals surface area (Å²) in [6, 6.07) is 5.65. The summed E-state index contributed by atoms with van der Waals surface area (Å²) in [7, 11) is 1.59. The Kier molecular flexibility index (Phi) is 6.81. The average Bonchev–Trinajstić information content (AvgIpc) is 3.29. The number of anilines is 1. The van der Waals surface area contributed by atoms with E-state index in [0.717, 1.165) is 29.2 Å². The zero-order chi connectivity index (χ0) is 21.0. The van der Waals surface area contributed by atoms with Gasteiger partial charge in [0.2, 0.25) is 17.7 Å². The van der Waals surface area contributed by atoms with Crippen molar-refractivity contribution in [1.29, 1.82) is 0 Å². The number of carbonyl (C=O) groups excluding carboxylic acids is 3. The molecule has 9 heteroatoms. The number of ether oxygens (including phenoxy) is 1. The van der Waals surface area contributed by atoms with Crippen LogP contribution in [0.1, 0.15) is 26.7 Å². The van der Waals surface area contributed by atoms with Gasteiger partial charge in [0, 0.05) is 12.8 Å². The number of likely N-dealkylation sites (N-methyl/N-ethyl adjacent to an activating group) is 1. The number of thiazole rings is 1. The molecule has 3 amide bonds. The van der Waals surface area contributed by atoms with Gasteiger partial charge < -0.3 is 9.64 Å². The predicted molar refractivity (Wildman–Crippen MR) is 111 cm³/mol. The number of benzene rings is 1.